The van der Waals surface area contributed by atoms with E-state index in [1.807, 2.05) is 18.3 Å². The average Bonchev–Trinajstić information content (AvgIpc) is 3.16. The summed E-state index contributed by atoms with van der Waals surface area (Å²) in [6.07, 6.45) is 6.32. The molecule has 2 atom stereocenters. The van der Waals surface area contributed by atoms with Gasteiger partial charge in [0.1, 0.15) is 11.9 Å². The number of nitrogens with zero attached hydrogens (tertiary/aromatic N) is 2. The summed E-state index contributed by atoms with van der Waals surface area (Å²) in [5.74, 6) is 0.775. The van der Waals surface area contributed by atoms with Gasteiger partial charge in [-0.3, -0.25) is 10.1 Å². The van der Waals surface area contributed by atoms with Crippen LogP contribution < -0.4 is 10.1 Å². The van der Waals surface area contributed by atoms with Crippen molar-refractivity contribution in [2.45, 2.75) is 25.1 Å². The normalized spacial score (nSPS) is 22.1. The zero-order chi connectivity index (χ0) is 13.8. The summed E-state index contributed by atoms with van der Waals surface area (Å²) in [5, 5.41) is 10.5. The number of methoxy groups -OCH3 is 1. The summed E-state index contributed by atoms with van der Waals surface area (Å²) in [6, 6.07) is 4.22. The van der Waals surface area contributed by atoms with Gasteiger partial charge in [-0.1, -0.05) is 0 Å². The van der Waals surface area contributed by atoms with E-state index in [2.05, 4.69) is 20.5 Å². The van der Waals surface area contributed by atoms with E-state index in [0.717, 1.165) is 36.6 Å². The Morgan fingerprint density at radius 2 is 2.45 bits per heavy atom. The van der Waals surface area contributed by atoms with Crippen LogP contribution in [0.5, 0.6) is 5.75 Å². The Morgan fingerprint density at radius 1 is 1.50 bits per heavy atom. The summed E-state index contributed by atoms with van der Waals surface area (Å²) >= 11 is 0. The predicted octanol–water partition coefficient (Wildman–Crippen LogP) is 1.43. The molecule has 2 N–H and O–H groups in total. The number of aromatic amines is 1. The minimum Gasteiger partial charge on any atom is -0.495 e. The van der Waals surface area contributed by atoms with Gasteiger partial charge in [0.2, 0.25) is 0 Å². The van der Waals surface area contributed by atoms with Crippen molar-refractivity contribution in [3.8, 4) is 5.75 Å². The lowest BCUT2D eigenvalue weighted by Gasteiger charge is -2.18. The Hall–Kier alpha value is -1.92. The van der Waals surface area contributed by atoms with Crippen molar-refractivity contribution < 1.29 is 9.47 Å². The molecule has 0 radical (unpaired) electrons. The van der Waals surface area contributed by atoms with E-state index >= 15 is 0 Å². The van der Waals surface area contributed by atoms with Gasteiger partial charge >= 0.3 is 0 Å². The summed E-state index contributed by atoms with van der Waals surface area (Å²) in [7, 11) is 1.65. The molecule has 2 aromatic rings. The van der Waals surface area contributed by atoms with E-state index in [4.69, 9.17) is 9.47 Å². The largest absolute Gasteiger partial charge is 0.495 e. The third kappa shape index (κ3) is 2.81. The van der Waals surface area contributed by atoms with Gasteiger partial charge in [0.25, 0.3) is 0 Å². The molecule has 0 saturated carbocycles. The third-order valence-corrected chi connectivity index (χ3v) is 3.49. The minimum atomic E-state index is 0.0380. The first-order valence-electron chi connectivity index (χ1n) is 6.69. The van der Waals surface area contributed by atoms with E-state index in [1.165, 1.54) is 0 Å². The van der Waals surface area contributed by atoms with Gasteiger partial charge in [0.05, 0.1) is 19.0 Å². The van der Waals surface area contributed by atoms with E-state index < -0.39 is 0 Å². The number of rotatable bonds is 5. The van der Waals surface area contributed by atoms with Gasteiger partial charge in [-0.25, -0.2) is 0 Å². The molecule has 0 aromatic carbocycles. The number of hydrogen-bond acceptors (Lipinski definition) is 5. The quantitative estimate of drug-likeness (QED) is 0.863. The molecule has 6 nitrogen and oxygen atoms in total. The molecule has 1 aliphatic heterocycles. The highest BCUT2D eigenvalue weighted by atomic mass is 16.5. The van der Waals surface area contributed by atoms with Crippen LogP contribution in [-0.2, 0) is 11.3 Å². The lowest BCUT2D eigenvalue weighted by molar-refractivity contribution is 0.0950. The van der Waals surface area contributed by atoms with Crippen LogP contribution >= 0.6 is 0 Å². The second-order valence-electron chi connectivity index (χ2n) is 4.81. The standard InChI is InChI=1S/C14H18N4O2/c1-19-11-6-10(7-15-9-11)8-16-12-3-5-20-14(12)13-2-4-17-18-13/h2,4,6-7,9,12,14,16H,3,5,8H2,1H3,(H,17,18)/t12-,14-/m0/s1. The topological polar surface area (TPSA) is 72.1 Å². The predicted molar refractivity (Wildman–Crippen MR) is 73.3 cm³/mol. The molecule has 0 amide bonds. The molecule has 106 valence electrons. The van der Waals surface area contributed by atoms with Crippen LogP contribution in [0.3, 0.4) is 0 Å². The molecule has 1 saturated heterocycles. The first-order chi connectivity index (χ1) is 9.86. The Bertz CT molecular complexity index is 544. The van der Waals surface area contributed by atoms with Crippen molar-refractivity contribution in [2.75, 3.05) is 13.7 Å². The van der Waals surface area contributed by atoms with Crippen molar-refractivity contribution in [2.24, 2.45) is 0 Å². The van der Waals surface area contributed by atoms with Gasteiger partial charge in [0, 0.05) is 31.6 Å². The van der Waals surface area contributed by atoms with Crippen LogP contribution in [0, 0.1) is 0 Å². The number of ether oxygens (including phenoxy) is 2. The highest BCUT2D eigenvalue weighted by Gasteiger charge is 2.30. The fourth-order valence-corrected chi connectivity index (χ4v) is 2.45. The fraction of sp³-hybridized carbons (Fsp3) is 0.429. The Balaban J connectivity index is 1.62. The molecule has 2 aromatic heterocycles. The van der Waals surface area contributed by atoms with E-state index in [0.29, 0.717) is 0 Å². The van der Waals surface area contributed by atoms with Crippen molar-refractivity contribution >= 4 is 0 Å². The zero-order valence-corrected chi connectivity index (χ0v) is 11.4. The van der Waals surface area contributed by atoms with E-state index in [1.54, 1.807) is 19.5 Å². The Kier molecular flexibility index (Phi) is 3.94. The number of aromatic nitrogens is 3. The molecule has 1 aliphatic rings. The molecule has 0 bridgehead atoms. The van der Waals surface area contributed by atoms with Gasteiger partial charge in [0.15, 0.2) is 0 Å². The SMILES string of the molecule is COc1cncc(CN[C@H]2CCO[C@@H]2c2ccn[nH]2)c1. The van der Waals surface area contributed by atoms with Gasteiger partial charge in [-0.05, 0) is 24.1 Å². The van der Waals surface area contributed by atoms with Crippen LogP contribution in [-0.4, -0.2) is 34.9 Å². The molecule has 0 spiro atoms. The molecule has 20 heavy (non-hydrogen) atoms. The number of pyridine rings is 1. The minimum absolute atomic E-state index is 0.0380. The molecule has 1 fully saturated rings. The van der Waals surface area contributed by atoms with Gasteiger partial charge in [-0.2, -0.15) is 5.10 Å². The number of H-pyrrole nitrogens is 1. The lowest BCUT2D eigenvalue weighted by atomic mass is 10.1. The molecule has 0 unspecified atom stereocenters. The zero-order valence-electron chi connectivity index (χ0n) is 11.4. The smallest absolute Gasteiger partial charge is 0.137 e. The highest BCUT2D eigenvalue weighted by molar-refractivity contribution is 5.23. The number of hydrogen-bond donors (Lipinski definition) is 2. The first-order valence-corrected chi connectivity index (χ1v) is 6.69. The summed E-state index contributed by atoms with van der Waals surface area (Å²) in [6.45, 7) is 1.50. The molecular formula is C14H18N4O2. The molecular weight excluding hydrogens is 256 g/mol. The van der Waals surface area contributed by atoms with Crippen molar-refractivity contribution in [1.82, 2.24) is 20.5 Å². The fourth-order valence-electron chi connectivity index (χ4n) is 2.45. The van der Waals surface area contributed by atoms with Crippen molar-refractivity contribution in [1.29, 1.82) is 0 Å². The van der Waals surface area contributed by atoms with Crippen molar-refractivity contribution in [3.63, 3.8) is 0 Å². The maximum absolute atomic E-state index is 5.77. The van der Waals surface area contributed by atoms with Crippen LogP contribution in [0.15, 0.2) is 30.7 Å². The Morgan fingerprint density at radius 3 is 3.25 bits per heavy atom. The third-order valence-electron chi connectivity index (χ3n) is 3.49. The summed E-state index contributed by atoms with van der Waals surface area (Å²) in [4.78, 5) is 4.16. The van der Waals surface area contributed by atoms with Crippen molar-refractivity contribution in [3.05, 3.63) is 42.0 Å². The maximum Gasteiger partial charge on any atom is 0.137 e. The van der Waals surface area contributed by atoms with Gasteiger partial charge in [-0.15, -0.1) is 0 Å². The second kappa shape index (κ2) is 6.02. The first kappa shape index (κ1) is 13.1. The van der Waals surface area contributed by atoms with E-state index in [9.17, 15) is 0 Å². The molecule has 0 aliphatic carbocycles. The Labute approximate surface area is 117 Å². The van der Waals surface area contributed by atoms with E-state index in [-0.39, 0.29) is 12.1 Å². The summed E-state index contributed by atoms with van der Waals surface area (Å²) in [5.41, 5.74) is 2.11. The van der Waals surface area contributed by atoms with Crippen LogP contribution in [0.4, 0.5) is 0 Å². The van der Waals surface area contributed by atoms with Crippen LogP contribution in [0.2, 0.25) is 0 Å². The monoisotopic (exact) mass is 274 g/mol. The van der Waals surface area contributed by atoms with Crippen LogP contribution in [0.1, 0.15) is 23.8 Å². The van der Waals surface area contributed by atoms with Gasteiger partial charge < -0.3 is 14.8 Å². The second-order valence-corrected chi connectivity index (χ2v) is 4.81. The van der Waals surface area contributed by atoms with Crippen LogP contribution in [0.25, 0.3) is 0 Å². The molecule has 6 heteroatoms. The lowest BCUT2D eigenvalue weighted by Crippen LogP contribution is -2.31. The highest BCUT2D eigenvalue weighted by Crippen LogP contribution is 2.27. The molecule has 3 rings (SSSR count). The molecule has 3 heterocycles. The number of nitrogens with one attached hydrogen (secondary N) is 2. The summed E-state index contributed by atoms with van der Waals surface area (Å²) < 4.78 is 10.9. The maximum atomic E-state index is 5.77. The average molecular weight is 274 g/mol.